The van der Waals surface area contributed by atoms with Crippen molar-refractivity contribution in [1.82, 2.24) is 10.6 Å². The minimum atomic E-state index is -1.60. The molecule has 9 nitrogen and oxygen atoms in total. The van der Waals surface area contributed by atoms with Crippen molar-refractivity contribution in [2.75, 3.05) is 29.4 Å². The molecule has 10 heteroatoms. The lowest BCUT2D eigenvalue weighted by Gasteiger charge is -2.55. The summed E-state index contributed by atoms with van der Waals surface area (Å²) in [5.74, 6) is -0.846. The van der Waals surface area contributed by atoms with Crippen molar-refractivity contribution in [1.29, 1.82) is 0 Å². The molecule has 5 aliphatic rings. The highest BCUT2D eigenvalue weighted by Crippen LogP contribution is 2.50. The zero-order chi connectivity index (χ0) is 22.5. The van der Waals surface area contributed by atoms with Crippen LogP contribution in [0.25, 0.3) is 0 Å². The number of carbonyl (C=O) groups is 3. The van der Waals surface area contributed by atoms with Crippen molar-refractivity contribution in [2.24, 2.45) is 23.0 Å². The van der Waals surface area contributed by atoms with Gasteiger partial charge in [0.2, 0.25) is 11.8 Å². The predicted octanol–water partition coefficient (Wildman–Crippen LogP) is 0.110. The van der Waals surface area contributed by atoms with E-state index in [-0.39, 0.29) is 24.4 Å². The highest BCUT2D eigenvalue weighted by atomic mass is 19.1. The van der Waals surface area contributed by atoms with Crippen molar-refractivity contribution in [2.45, 2.75) is 44.6 Å². The van der Waals surface area contributed by atoms with Crippen molar-refractivity contribution < 1.29 is 23.5 Å². The fourth-order valence-electron chi connectivity index (χ4n) is 6.49. The maximum absolute atomic E-state index is 15.6. The van der Waals surface area contributed by atoms with Crippen LogP contribution in [0.3, 0.4) is 0 Å². The van der Waals surface area contributed by atoms with Gasteiger partial charge in [0.05, 0.1) is 23.9 Å². The van der Waals surface area contributed by atoms with Gasteiger partial charge in [-0.25, -0.2) is 9.18 Å². The van der Waals surface area contributed by atoms with Gasteiger partial charge in [-0.3, -0.25) is 20.2 Å². The number of ether oxygens (including phenoxy) is 1. The summed E-state index contributed by atoms with van der Waals surface area (Å²) in [6, 6.07) is 2.07. The molecule has 6 rings (SSSR count). The molecule has 6 atom stereocenters. The lowest BCUT2D eigenvalue weighted by atomic mass is 9.66. The third-order valence-corrected chi connectivity index (χ3v) is 7.96. The molecule has 4 fully saturated rings. The number of fused-ring (bicyclic) bond motifs is 5. The molecule has 4 amide bonds. The Kier molecular flexibility index (Phi) is 3.99. The van der Waals surface area contributed by atoms with E-state index in [4.69, 9.17) is 10.5 Å². The first kappa shape index (κ1) is 19.9. The minimum Gasteiger partial charge on any atom is -0.372 e. The molecule has 0 radical (unpaired) electrons. The molecular formula is C22H26FN5O4. The summed E-state index contributed by atoms with van der Waals surface area (Å²) in [5, 5.41) is 4.51. The van der Waals surface area contributed by atoms with Crippen LogP contribution in [-0.4, -0.2) is 61.8 Å². The minimum absolute atomic E-state index is 0.0124. The molecule has 0 bridgehead atoms. The molecular weight excluding hydrogens is 417 g/mol. The number of benzene rings is 1. The van der Waals surface area contributed by atoms with Crippen LogP contribution in [0.5, 0.6) is 0 Å². The number of barbiturate groups is 1. The van der Waals surface area contributed by atoms with Crippen LogP contribution in [0.15, 0.2) is 12.1 Å². The fraction of sp³-hybridized carbons (Fsp3) is 0.591. The normalized spacial score (nSPS) is 36.9. The van der Waals surface area contributed by atoms with E-state index in [1.807, 2.05) is 13.0 Å². The summed E-state index contributed by atoms with van der Waals surface area (Å²) in [5.41, 5.74) is 6.18. The maximum Gasteiger partial charge on any atom is 0.328 e. The van der Waals surface area contributed by atoms with Gasteiger partial charge in [0.15, 0.2) is 5.41 Å². The smallest absolute Gasteiger partial charge is 0.328 e. The van der Waals surface area contributed by atoms with E-state index in [2.05, 4.69) is 15.5 Å². The van der Waals surface area contributed by atoms with Crippen molar-refractivity contribution >= 4 is 29.2 Å². The average Bonchev–Trinajstić information content (AvgIpc) is 3.10. The van der Waals surface area contributed by atoms with Crippen LogP contribution in [0, 0.1) is 23.1 Å². The summed E-state index contributed by atoms with van der Waals surface area (Å²) >= 11 is 0. The SMILES string of the molecule is C[C@@H]1CN2c3c(F)cc(N4C[C@@H]5C(N)[C@@H]5C4)cc3CC3(C(=O)NC(=O)NC3=O)[C@H]2[C@H](C)O1. The van der Waals surface area contributed by atoms with Crippen LogP contribution in [0.1, 0.15) is 19.4 Å². The van der Waals surface area contributed by atoms with Gasteiger partial charge in [0.25, 0.3) is 0 Å². The quantitative estimate of drug-likeness (QED) is 0.528. The van der Waals surface area contributed by atoms with Crippen molar-refractivity contribution in [3.63, 3.8) is 0 Å². The van der Waals surface area contributed by atoms with Gasteiger partial charge in [-0.1, -0.05) is 0 Å². The molecule has 1 aromatic carbocycles. The van der Waals surface area contributed by atoms with Gasteiger partial charge in [-0.2, -0.15) is 0 Å². The second-order valence-electron chi connectivity index (χ2n) is 9.88. The number of urea groups is 1. The van der Waals surface area contributed by atoms with E-state index >= 15 is 4.39 Å². The van der Waals surface area contributed by atoms with E-state index in [9.17, 15) is 14.4 Å². The van der Waals surface area contributed by atoms with Crippen LogP contribution in [0.2, 0.25) is 0 Å². The molecule has 1 spiro atoms. The molecule has 0 aromatic heterocycles. The monoisotopic (exact) mass is 443 g/mol. The number of nitrogens with two attached hydrogens (primary N) is 1. The number of hydrogen-bond acceptors (Lipinski definition) is 7. The van der Waals surface area contributed by atoms with Crippen LogP contribution in [0.4, 0.5) is 20.6 Å². The van der Waals surface area contributed by atoms with Gasteiger partial charge < -0.3 is 20.3 Å². The molecule has 1 aromatic rings. The van der Waals surface area contributed by atoms with Crippen LogP contribution >= 0.6 is 0 Å². The number of anilines is 2. The van der Waals surface area contributed by atoms with Gasteiger partial charge in [0, 0.05) is 37.8 Å². The van der Waals surface area contributed by atoms with E-state index in [0.29, 0.717) is 29.6 Å². The van der Waals surface area contributed by atoms with Gasteiger partial charge in [0.1, 0.15) is 5.82 Å². The van der Waals surface area contributed by atoms with E-state index in [0.717, 1.165) is 18.8 Å². The molecule has 3 saturated heterocycles. The lowest BCUT2D eigenvalue weighted by Crippen LogP contribution is -2.75. The number of hydrogen-bond donors (Lipinski definition) is 3. The number of nitrogens with zero attached hydrogens (tertiary/aromatic N) is 2. The molecule has 1 saturated carbocycles. The predicted molar refractivity (Wildman–Crippen MR) is 113 cm³/mol. The molecule has 1 aliphatic carbocycles. The third-order valence-electron chi connectivity index (χ3n) is 7.96. The topological polar surface area (TPSA) is 117 Å². The zero-order valence-corrected chi connectivity index (χ0v) is 17.9. The van der Waals surface area contributed by atoms with E-state index in [1.165, 1.54) is 0 Å². The Labute approximate surface area is 184 Å². The summed E-state index contributed by atoms with van der Waals surface area (Å²) in [6.07, 6.45) is -0.753. The first-order valence-electron chi connectivity index (χ1n) is 11.1. The number of halogens is 1. The Morgan fingerprint density at radius 2 is 1.75 bits per heavy atom. The zero-order valence-electron chi connectivity index (χ0n) is 17.9. The first-order chi connectivity index (χ1) is 15.2. The second kappa shape index (κ2) is 6.41. The fourth-order valence-corrected chi connectivity index (χ4v) is 6.49. The summed E-state index contributed by atoms with van der Waals surface area (Å²) < 4.78 is 21.6. The number of carbonyl (C=O) groups excluding carboxylic acids is 3. The standard InChI is InChI=1S/C22H26FN5O4/c1-9-6-28-17-11(3-12(4-15(17)23)27-7-13-14(8-27)16(13)24)5-22(18(28)10(2)32-9)19(29)25-21(31)26-20(22)30/h3-4,9-10,13-14,16,18H,5-8,24H2,1-2H3,(H2,25,26,29,30,31)/t9-,10+,13-,14+,16?,18-/m1/s1. The summed E-state index contributed by atoms with van der Waals surface area (Å²) in [6.45, 7) is 5.54. The Morgan fingerprint density at radius 3 is 2.41 bits per heavy atom. The number of amides is 4. The second-order valence-corrected chi connectivity index (χ2v) is 9.88. The highest BCUT2D eigenvalue weighted by Gasteiger charge is 2.63. The maximum atomic E-state index is 15.6. The van der Waals surface area contributed by atoms with Gasteiger partial charge in [-0.15, -0.1) is 0 Å². The first-order valence-corrected chi connectivity index (χ1v) is 11.1. The van der Waals surface area contributed by atoms with Crippen LogP contribution in [-0.2, 0) is 20.7 Å². The molecule has 4 aliphatic heterocycles. The molecule has 4 heterocycles. The van der Waals surface area contributed by atoms with Crippen molar-refractivity contribution in [3.8, 4) is 0 Å². The molecule has 170 valence electrons. The number of piperidine rings is 1. The summed E-state index contributed by atoms with van der Waals surface area (Å²) in [7, 11) is 0. The Balaban J connectivity index is 1.47. The number of rotatable bonds is 1. The Bertz CT molecular complexity index is 1030. The summed E-state index contributed by atoms with van der Waals surface area (Å²) in [4.78, 5) is 42.1. The Hall–Kier alpha value is -2.72. The van der Waals surface area contributed by atoms with Gasteiger partial charge in [-0.05, 0) is 43.4 Å². The number of nitrogens with one attached hydrogen (secondary N) is 2. The lowest BCUT2D eigenvalue weighted by molar-refractivity contribution is -0.153. The Morgan fingerprint density at radius 1 is 1.09 bits per heavy atom. The van der Waals surface area contributed by atoms with E-state index in [1.54, 1.807) is 17.9 Å². The molecule has 1 unspecified atom stereocenters. The highest BCUT2D eigenvalue weighted by molar-refractivity contribution is 6.20. The third kappa shape index (κ3) is 2.53. The average molecular weight is 443 g/mol. The number of morpholine rings is 1. The van der Waals surface area contributed by atoms with Crippen LogP contribution < -0.4 is 26.2 Å². The largest absolute Gasteiger partial charge is 0.372 e. The molecule has 4 N–H and O–H groups in total. The van der Waals surface area contributed by atoms with Gasteiger partial charge >= 0.3 is 6.03 Å². The van der Waals surface area contributed by atoms with Crippen molar-refractivity contribution in [3.05, 3.63) is 23.5 Å². The van der Waals surface area contributed by atoms with E-state index < -0.39 is 35.4 Å². The molecule has 32 heavy (non-hydrogen) atoms. The number of imide groups is 2.